The molecule has 1 N–H and O–H groups in total. The minimum Gasteiger partial charge on any atom is -0.494 e. The Morgan fingerprint density at radius 1 is 1.36 bits per heavy atom. The van der Waals surface area contributed by atoms with Gasteiger partial charge < -0.3 is 14.7 Å². The SMILES string of the molecule is COc1c(Cl)cc(C(=O)N(CC(C)C(=O)O)C2CC2)cc1Cl. The lowest BCUT2D eigenvalue weighted by atomic mass is 10.1. The number of aliphatic carboxylic acids is 1. The highest BCUT2D eigenvalue weighted by molar-refractivity contribution is 6.37. The van der Waals surface area contributed by atoms with E-state index in [1.165, 1.54) is 19.2 Å². The molecular formula is C15H17Cl2NO4. The number of benzene rings is 1. The molecule has 1 amide bonds. The first kappa shape index (κ1) is 16.9. The van der Waals surface area contributed by atoms with Gasteiger partial charge in [-0.3, -0.25) is 9.59 Å². The number of ether oxygens (including phenoxy) is 1. The minimum atomic E-state index is -0.927. The Hall–Kier alpha value is -1.46. The Bertz CT molecular complexity index is 578. The molecular weight excluding hydrogens is 329 g/mol. The summed E-state index contributed by atoms with van der Waals surface area (Å²) in [5.74, 6) is -1.50. The normalized spacial score (nSPS) is 15.3. The van der Waals surface area contributed by atoms with Crippen molar-refractivity contribution in [3.05, 3.63) is 27.7 Å². The van der Waals surface area contributed by atoms with E-state index < -0.39 is 11.9 Å². The summed E-state index contributed by atoms with van der Waals surface area (Å²) >= 11 is 12.1. The maximum Gasteiger partial charge on any atom is 0.308 e. The molecule has 0 aliphatic heterocycles. The third kappa shape index (κ3) is 3.65. The van der Waals surface area contributed by atoms with Gasteiger partial charge in [-0.15, -0.1) is 0 Å². The van der Waals surface area contributed by atoms with Crippen molar-refractivity contribution in [2.24, 2.45) is 5.92 Å². The molecule has 1 aromatic carbocycles. The second-order valence-corrected chi connectivity index (χ2v) is 6.22. The number of carboxylic acid groups (broad SMARTS) is 1. The van der Waals surface area contributed by atoms with Crippen molar-refractivity contribution in [2.45, 2.75) is 25.8 Å². The molecule has 0 bridgehead atoms. The van der Waals surface area contributed by atoms with Crippen molar-refractivity contribution < 1.29 is 19.4 Å². The van der Waals surface area contributed by atoms with Gasteiger partial charge in [-0.25, -0.2) is 0 Å². The largest absolute Gasteiger partial charge is 0.494 e. The summed E-state index contributed by atoms with van der Waals surface area (Å²) in [6.45, 7) is 1.75. The molecule has 0 aromatic heterocycles. The molecule has 1 saturated carbocycles. The van der Waals surface area contributed by atoms with Crippen molar-refractivity contribution in [3.8, 4) is 5.75 Å². The van der Waals surface area contributed by atoms with E-state index in [2.05, 4.69) is 0 Å². The Labute approximate surface area is 138 Å². The molecule has 1 aliphatic carbocycles. The van der Waals surface area contributed by atoms with E-state index in [4.69, 9.17) is 33.0 Å². The van der Waals surface area contributed by atoms with Crippen LogP contribution in [0.1, 0.15) is 30.1 Å². The smallest absolute Gasteiger partial charge is 0.308 e. The summed E-state index contributed by atoms with van der Waals surface area (Å²) in [6, 6.07) is 3.08. The maximum absolute atomic E-state index is 12.7. The minimum absolute atomic E-state index is 0.0916. The third-order valence-electron chi connectivity index (χ3n) is 3.59. The number of hydrogen-bond acceptors (Lipinski definition) is 3. The van der Waals surface area contributed by atoms with Crippen LogP contribution >= 0.6 is 23.2 Å². The van der Waals surface area contributed by atoms with Crippen LogP contribution in [0.2, 0.25) is 10.0 Å². The number of methoxy groups -OCH3 is 1. The highest BCUT2D eigenvalue weighted by Gasteiger charge is 2.35. The van der Waals surface area contributed by atoms with Crippen LogP contribution in [0.3, 0.4) is 0 Å². The van der Waals surface area contributed by atoms with Gasteiger partial charge in [-0.2, -0.15) is 0 Å². The molecule has 5 nitrogen and oxygen atoms in total. The zero-order chi connectivity index (χ0) is 16.4. The van der Waals surface area contributed by atoms with Crippen LogP contribution in [0, 0.1) is 5.92 Å². The van der Waals surface area contributed by atoms with Gasteiger partial charge in [0.05, 0.1) is 23.1 Å². The van der Waals surface area contributed by atoms with E-state index >= 15 is 0 Å². The molecule has 1 aliphatic rings. The van der Waals surface area contributed by atoms with E-state index in [1.807, 2.05) is 0 Å². The Morgan fingerprint density at radius 3 is 2.32 bits per heavy atom. The number of carbonyl (C=O) groups is 2. The van der Waals surface area contributed by atoms with Crippen molar-refractivity contribution in [1.29, 1.82) is 0 Å². The van der Waals surface area contributed by atoms with Gasteiger partial charge in [0.25, 0.3) is 5.91 Å². The fraction of sp³-hybridized carbons (Fsp3) is 0.467. The van der Waals surface area contributed by atoms with Crippen LogP contribution in [0.5, 0.6) is 5.75 Å². The fourth-order valence-corrected chi connectivity index (χ4v) is 2.84. The maximum atomic E-state index is 12.7. The van der Waals surface area contributed by atoms with Gasteiger partial charge in [0.2, 0.25) is 0 Å². The van der Waals surface area contributed by atoms with Crippen molar-refractivity contribution >= 4 is 35.1 Å². The highest BCUT2D eigenvalue weighted by atomic mass is 35.5. The topological polar surface area (TPSA) is 66.8 Å². The lowest BCUT2D eigenvalue weighted by Crippen LogP contribution is -2.38. The first-order chi connectivity index (χ1) is 10.3. The molecule has 0 saturated heterocycles. The van der Waals surface area contributed by atoms with Gasteiger partial charge in [0.15, 0.2) is 5.75 Å². The van der Waals surface area contributed by atoms with Gasteiger partial charge in [0, 0.05) is 18.2 Å². The van der Waals surface area contributed by atoms with Crippen LogP contribution in [0.4, 0.5) is 0 Å². The van der Waals surface area contributed by atoms with E-state index in [0.29, 0.717) is 11.3 Å². The molecule has 1 atom stereocenters. The predicted molar refractivity (Wildman–Crippen MR) is 83.9 cm³/mol. The summed E-state index contributed by atoms with van der Waals surface area (Å²) in [5.41, 5.74) is 0.334. The molecule has 1 fully saturated rings. The number of carboxylic acids is 1. The number of rotatable bonds is 6. The number of nitrogens with zero attached hydrogens (tertiary/aromatic N) is 1. The zero-order valence-corrected chi connectivity index (χ0v) is 13.8. The van der Waals surface area contributed by atoms with E-state index in [1.54, 1.807) is 11.8 Å². The number of hydrogen-bond donors (Lipinski definition) is 1. The number of carbonyl (C=O) groups excluding carboxylic acids is 1. The molecule has 120 valence electrons. The molecule has 2 rings (SSSR count). The molecule has 1 unspecified atom stereocenters. The summed E-state index contributed by atoms with van der Waals surface area (Å²) in [4.78, 5) is 25.3. The van der Waals surface area contributed by atoms with Crippen molar-refractivity contribution in [1.82, 2.24) is 4.90 Å². The van der Waals surface area contributed by atoms with Gasteiger partial charge >= 0.3 is 5.97 Å². The zero-order valence-electron chi connectivity index (χ0n) is 12.3. The Balaban J connectivity index is 2.26. The molecule has 0 spiro atoms. The number of halogens is 2. The average molecular weight is 346 g/mol. The van der Waals surface area contributed by atoms with Crippen LogP contribution < -0.4 is 4.74 Å². The van der Waals surface area contributed by atoms with E-state index in [0.717, 1.165) is 12.8 Å². The third-order valence-corrected chi connectivity index (χ3v) is 4.15. The van der Waals surface area contributed by atoms with Crippen LogP contribution in [-0.4, -0.2) is 41.6 Å². The van der Waals surface area contributed by atoms with E-state index in [-0.39, 0.29) is 28.5 Å². The lowest BCUT2D eigenvalue weighted by Gasteiger charge is -2.24. The highest BCUT2D eigenvalue weighted by Crippen LogP contribution is 2.35. The van der Waals surface area contributed by atoms with Crippen LogP contribution in [0.25, 0.3) is 0 Å². The standard InChI is InChI=1S/C15H17Cl2NO4/c1-8(15(20)21)7-18(10-3-4-10)14(19)9-5-11(16)13(22-2)12(17)6-9/h5-6,8,10H,3-4,7H2,1-2H3,(H,20,21). The first-order valence-electron chi connectivity index (χ1n) is 6.92. The molecule has 0 heterocycles. The second kappa shape index (κ2) is 6.75. The van der Waals surface area contributed by atoms with Gasteiger partial charge in [-0.05, 0) is 25.0 Å². The molecule has 0 radical (unpaired) electrons. The molecule has 1 aromatic rings. The summed E-state index contributed by atoms with van der Waals surface area (Å²) in [6.07, 6.45) is 1.77. The summed E-state index contributed by atoms with van der Waals surface area (Å²) < 4.78 is 5.06. The number of amides is 1. The predicted octanol–water partition coefficient (Wildman–Crippen LogP) is 3.33. The van der Waals surface area contributed by atoms with Gasteiger partial charge in [-0.1, -0.05) is 30.1 Å². The van der Waals surface area contributed by atoms with Gasteiger partial charge in [0.1, 0.15) is 0 Å². The second-order valence-electron chi connectivity index (χ2n) is 5.40. The summed E-state index contributed by atoms with van der Waals surface area (Å²) in [5, 5.41) is 9.55. The average Bonchev–Trinajstić information content (AvgIpc) is 3.27. The quantitative estimate of drug-likeness (QED) is 0.858. The monoisotopic (exact) mass is 345 g/mol. The van der Waals surface area contributed by atoms with Crippen molar-refractivity contribution in [3.63, 3.8) is 0 Å². The van der Waals surface area contributed by atoms with Crippen LogP contribution in [0.15, 0.2) is 12.1 Å². The van der Waals surface area contributed by atoms with Crippen molar-refractivity contribution in [2.75, 3.05) is 13.7 Å². The fourth-order valence-electron chi connectivity index (χ4n) is 2.20. The van der Waals surface area contributed by atoms with Crippen LogP contribution in [-0.2, 0) is 4.79 Å². The summed E-state index contributed by atoms with van der Waals surface area (Å²) in [7, 11) is 1.44. The molecule has 22 heavy (non-hydrogen) atoms. The Morgan fingerprint density at radius 2 is 1.91 bits per heavy atom. The lowest BCUT2D eigenvalue weighted by molar-refractivity contribution is -0.141. The van der Waals surface area contributed by atoms with E-state index in [9.17, 15) is 9.59 Å². The molecule has 7 heteroatoms. The first-order valence-corrected chi connectivity index (χ1v) is 7.67. The Kier molecular flexibility index (Phi) is 5.19.